The first-order valence-corrected chi connectivity index (χ1v) is 10.0. The molecule has 1 heterocycles. The van der Waals surface area contributed by atoms with Crippen LogP contribution < -0.4 is 5.32 Å². The van der Waals surface area contributed by atoms with Crippen molar-refractivity contribution in [3.63, 3.8) is 0 Å². The molecule has 0 bridgehead atoms. The second-order valence-corrected chi connectivity index (χ2v) is 8.10. The number of anilines is 1. The maximum Gasteiger partial charge on any atom is 0.226 e. The van der Waals surface area contributed by atoms with E-state index < -0.39 is 11.1 Å². The van der Waals surface area contributed by atoms with E-state index in [1.165, 1.54) is 17.8 Å². The minimum atomic E-state index is -0.435. The van der Waals surface area contributed by atoms with Crippen LogP contribution in [-0.2, 0) is 4.79 Å². The van der Waals surface area contributed by atoms with Crippen molar-refractivity contribution >= 4 is 29.1 Å². The van der Waals surface area contributed by atoms with Crippen LogP contribution in [0, 0.1) is 11.7 Å². The summed E-state index contributed by atoms with van der Waals surface area (Å²) in [5, 5.41) is 9.50. The number of nitrogens with zero attached hydrogens (tertiary/aromatic N) is 2. The average Bonchev–Trinajstić information content (AvgIpc) is 3.16. The van der Waals surface area contributed by atoms with Crippen molar-refractivity contribution < 1.29 is 14.0 Å². The number of rotatable bonds is 7. The molecule has 1 atom stereocenters. The molecule has 3 rings (SSSR count). The zero-order chi connectivity index (χ0) is 21.0. The van der Waals surface area contributed by atoms with Crippen LogP contribution in [0.5, 0.6) is 0 Å². The predicted octanol–water partition coefficient (Wildman–Crippen LogP) is 4.57. The van der Waals surface area contributed by atoms with E-state index in [0.29, 0.717) is 27.8 Å². The summed E-state index contributed by atoms with van der Waals surface area (Å²) in [6.07, 6.45) is 0. The minimum absolute atomic E-state index is 0.0803. The molecule has 0 fully saturated rings. The Bertz CT molecular complexity index is 1020. The number of thioether (sulfide) groups is 1. The molecule has 0 aliphatic carbocycles. The van der Waals surface area contributed by atoms with Crippen LogP contribution in [0.3, 0.4) is 0 Å². The van der Waals surface area contributed by atoms with Crippen molar-refractivity contribution in [2.45, 2.75) is 31.2 Å². The molecule has 1 unspecified atom stereocenters. The number of benzene rings is 2. The van der Waals surface area contributed by atoms with Gasteiger partial charge < -0.3 is 5.32 Å². The molecule has 0 radical (unpaired) electrons. The van der Waals surface area contributed by atoms with Crippen LogP contribution in [-0.4, -0.2) is 32.1 Å². The fourth-order valence-corrected chi connectivity index (χ4v) is 3.33. The van der Waals surface area contributed by atoms with Gasteiger partial charge in [-0.3, -0.25) is 14.7 Å². The second kappa shape index (κ2) is 9.00. The lowest BCUT2D eigenvalue weighted by atomic mass is 10.1. The molecule has 0 saturated carbocycles. The molecule has 29 heavy (non-hydrogen) atoms. The molecule has 0 spiro atoms. The lowest BCUT2D eigenvalue weighted by Crippen LogP contribution is -2.18. The predicted molar refractivity (Wildman–Crippen MR) is 111 cm³/mol. The number of H-pyrrole nitrogens is 1. The SMILES string of the molecule is CC(C)C(=O)Nc1ccc(C(=O)C(C)Sc2n[nH]c(-c3ccccc3F)n2)cc1. The average molecular weight is 412 g/mol. The Hall–Kier alpha value is -3.00. The van der Waals surface area contributed by atoms with E-state index in [0.717, 1.165) is 0 Å². The molecule has 1 amide bonds. The Labute approximate surface area is 172 Å². The van der Waals surface area contributed by atoms with Crippen LogP contribution in [0.2, 0.25) is 0 Å². The Kier molecular flexibility index (Phi) is 6.43. The highest BCUT2D eigenvalue weighted by molar-refractivity contribution is 8.00. The Morgan fingerprint density at radius 3 is 2.41 bits per heavy atom. The van der Waals surface area contributed by atoms with Crippen molar-refractivity contribution in [1.82, 2.24) is 15.2 Å². The number of carbonyl (C=O) groups is 2. The Balaban J connectivity index is 1.65. The van der Waals surface area contributed by atoms with Crippen molar-refractivity contribution in [1.29, 1.82) is 0 Å². The second-order valence-electron chi connectivity index (χ2n) is 6.79. The summed E-state index contributed by atoms with van der Waals surface area (Å²) in [7, 11) is 0. The van der Waals surface area contributed by atoms with Crippen molar-refractivity contribution in [2.24, 2.45) is 5.92 Å². The number of hydrogen-bond acceptors (Lipinski definition) is 5. The fourth-order valence-electron chi connectivity index (χ4n) is 2.52. The van der Waals surface area contributed by atoms with E-state index in [-0.39, 0.29) is 17.6 Å². The number of Topliss-reactive ketones (excluding diaryl/α,β-unsaturated/α-hetero) is 1. The van der Waals surface area contributed by atoms with Crippen LogP contribution in [0.4, 0.5) is 10.1 Å². The highest BCUT2D eigenvalue weighted by Gasteiger charge is 2.20. The van der Waals surface area contributed by atoms with E-state index in [2.05, 4.69) is 20.5 Å². The first-order chi connectivity index (χ1) is 13.8. The normalized spacial score (nSPS) is 12.0. The van der Waals surface area contributed by atoms with Crippen molar-refractivity contribution in [2.75, 3.05) is 5.32 Å². The van der Waals surface area contributed by atoms with Gasteiger partial charge in [0.15, 0.2) is 11.6 Å². The smallest absolute Gasteiger partial charge is 0.226 e. The summed E-state index contributed by atoms with van der Waals surface area (Å²) in [6.45, 7) is 5.39. The van der Waals surface area contributed by atoms with E-state index >= 15 is 0 Å². The number of aromatic nitrogens is 3. The molecule has 2 aromatic carbocycles. The summed E-state index contributed by atoms with van der Waals surface area (Å²) in [5.41, 5.74) is 1.49. The summed E-state index contributed by atoms with van der Waals surface area (Å²) >= 11 is 1.19. The van der Waals surface area contributed by atoms with Gasteiger partial charge in [0.1, 0.15) is 5.82 Å². The highest BCUT2D eigenvalue weighted by Crippen LogP contribution is 2.26. The van der Waals surface area contributed by atoms with E-state index in [4.69, 9.17) is 0 Å². The van der Waals surface area contributed by atoms with Gasteiger partial charge in [0.2, 0.25) is 11.1 Å². The lowest BCUT2D eigenvalue weighted by molar-refractivity contribution is -0.118. The maximum atomic E-state index is 13.9. The number of carbonyl (C=O) groups excluding carboxylic acids is 2. The number of ketones is 1. The Morgan fingerprint density at radius 2 is 1.76 bits per heavy atom. The number of nitrogens with one attached hydrogen (secondary N) is 2. The third kappa shape index (κ3) is 5.08. The molecule has 0 saturated heterocycles. The zero-order valence-corrected chi connectivity index (χ0v) is 17.1. The van der Waals surface area contributed by atoms with Crippen molar-refractivity contribution in [3.8, 4) is 11.4 Å². The van der Waals surface area contributed by atoms with E-state index in [1.807, 2.05) is 13.8 Å². The number of hydrogen-bond donors (Lipinski definition) is 2. The zero-order valence-electron chi connectivity index (χ0n) is 16.3. The molecule has 2 N–H and O–H groups in total. The molecule has 0 aliphatic rings. The third-order valence-corrected chi connectivity index (χ3v) is 5.17. The molecular formula is C21H21FN4O2S. The van der Waals surface area contributed by atoms with Gasteiger partial charge in [-0.05, 0) is 43.3 Å². The fraction of sp³-hybridized carbons (Fsp3) is 0.238. The van der Waals surface area contributed by atoms with Gasteiger partial charge in [-0.15, -0.1) is 5.10 Å². The molecule has 0 aliphatic heterocycles. The van der Waals surface area contributed by atoms with Crippen molar-refractivity contribution in [3.05, 3.63) is 59.9 Å². The van der Waals surface area contributed by atoms with Crippen LogP contribution in [0.1, 0.15) is 31.1 Å². The highest BCUT2D eigenvalue weighted by atomic mass is 32.2. The summed E-state index contributed by atoms with van der Waals surface area (Å²) < 4.78 is 13.9. The summed E-state index contributed by atoms with van der Waals surface area (Å²) in [4.78, 5) is 28.7. The molecule has 1 aromatic heterocycles. The van der Waals surface area contributed by atoms with Gasteiger partial charge in [0, 0.05) is 17.2 Å². The number of aromatic amines is 1. The van der Waals surface area contributed by atoms with Crippen LogP contribution in [0.25, 0.3) is 11.4 Å². The standard InChI is InChI=1S/C21H21FN4O2S/c1-12(2)20(28)23-15-10-8-14(9-11-15)18(27)13(3)29-21-24-19(25-26-21)16-6-4-5-7-17(16)22/h4-13H,1-3H3,(H,23,28)(H,24,25,26). The number of halogens is 1. The third-order valence-electron chi connectivity index (χ3n) is 4.21. The molecular weight excluding hydrogens is 391 g/mol. The van der Waals surface area contributed by atoms with Gasteiger partial charge >= 0.3 is 0 Å². The van der Waals surface area contributed by atoms with E-state index in [1.54, 1.807) is 49.4 Å². The van der Waals surface area contributed by atoms with Gasteiger partial charge in [-0.2, -0.15) is 0 Å². The maximum absolute atomic E-state index is 13.9. The van der Waals surface area contributed by atoms with E-state index in [9.17, 15) is 14.0 Å². The quantitative estimate of drug-likeness (QED) is 0.438. The molecule has 150 valence electrons. The van der Waals surface area contributed by atoms with Gasteiger partial charge in [0.25, 0.3) is 0 Å². The van der Waals surface area contributed by atoms with Crippen LogP contribution >= 0.6 is 11.8 Å². The topological polar surface area (TPSA) is 87.7 Å². The van der Waals surface area contributed by atoms with Gasteiger partial charge in [0.05, 0.1) is 10.8 Å². The summed E-state index contributed by atoms with van der Waals surface area (Å²) in [5.74, 6) is -0.370. The summed E-state index contributed by atoms with van der Waals surface area (Å²) in [6, 6.07) is 13.0. The van der Waals surface area contributed by atoms with Crippen LogP contribution in [0.15, 0.2) is 53.7 Å². The number of amides is 1. The minimum Gasteiger partial charge on any atom is -0.326 e. The molecule has 6 nitrogen and oxygen atoms in total. The first-order valence-electron chi connectivity index (χ1n) is 9.14. The monoisotopic (exact) mass is 412 g/mol. The van der Waals surface area contributed by atoms with Gasteiger partial charge in [-0.1, -0.05) is 37.7 Å². The Morgan fingerprint density at radius 1 is 1.07 bits per heavy atom. The lowest BCUT2D eigenvalue weighted by Gasteiger charge is -2.10. The molecule has 3 aromatic rings. The molecule has 8 heteroatoms. The first kappa shape index (κ1) is 20.7. The van der Waals surface area contributed by atoms with Gasteiger partial charge in [-0.25, -0.2) is 9.37 Å². The largest absolute Gasteiger partial charge is 0.326 e.